The number of benzene rings is 2. The number of rotatable bonds is 6. The van der Waals surface area contributed by atoms with E-state index < -0.39 is 28.3 Å². The van der Waals surface area contributed by atoms with Gasteiger partial charge in [0.2, 0.25) is 0 Å². The van der Waals surface area contributed by atoms with Crippen LogP contribution in [0.4, 0.5) is 24.5 Å². The first kappa shape index (κ1) is 21.6. The van der Waals surface area contributed by atoms with E-state index in [0.29, 0.717) is 11.5 Å². The molecule has 2 aromatic heterocycles. The van der Waals surface area contributed by atoms with Crippen LogP contribution in [0.15, 0.2) is 71.3 Å². The zero-order valence-electron chi connectivity index (χ0n) is 16.4. The van der Waals surface area contributed by atoms with Crippen LogP contribution in [0.1, 0.15) is 16.1 Å². The Morgan fingerprint density at radius 2 is 1.91 bits per heavy atom. The molecule has 0 saturated carbocycles. The van der Waals surface area contributed by atoms with Crippen molar-refractivity contribution >= 4 is 17.3 Å². The van der Waals surface area contributed by atoms with Gasteiger partial charge in [-0.25, -0.2) is 0 Å². The third-order valence-electron chi connectivity index (χ3n) is 4.35. The molecule has 1 amide bonds. The van der Waals surface area contributed by atoms with Crippen LogP contribution < -0.4 is 10.1 Å². The first-order valence-corrected chi connectivity index (χ1v) is 9.24. The van der Waals surface area contributed by atoms with Gasteiger partial charge in [-0.3, -0.25) is 20.0 Å². The molecule has 33 heavy (non-hydrogen) atoms. The number of amides is 1. The number of nitro benzene ring substituents is 1. The van der Waals surface area contributed by atoms with E-state index in [-0.39, 0.29) is 22.9 Å². The zero-order valence-corrected chi connectivity index (χ0v) is 16.4. The largest absolute Gasteiger partial charge is 0.463 e. The van der Waals surface area contributed by atoms with Crippen molar-refractivity contribution in [3.05, 3.63) is 88.3 Å². The summed E-state index contributed by atoms with van der Waals surface area (Å²) in [5.41, 5.74) is -0.970. The highest BCUT2D eigenvalue weighted by Gasteiger charge is 2.30. The fourth-order valence-electron chi connectivity index (χ4n) is 2.88. The van der Waals surface area contributed by atoms with Crippen LogP contribution in [0.25, 0.3) is 11.5 Å². The molecule has 0 saturated heterocycles. The number of furan rings is 1. The zero-order chi connectivity index (χ0) is 23.6. The Labute approximate surface area is 182 Å². The molecule has 2 N–H and O–H groups in total. The number of halogens is 3. The number of aromatic nitrogens is 2. The molecule has 12 heteroatoms. The van der Waals surface area contributed by atoms with Crippen molar-refractivity contribution in [1.29, 1.82) is 0 Å². The van der Waals surface area contributed by atoms with Crippen molar-refractivity contribution < 1.29 is 32.0 Å². The molecule has 2 heterocycles. The SMILES string of the molecule is O=C(Nc1cc(Oc2cccc(C(F)(F)F)c2)cc([N+](=O)[O-])c1)c1cc(-c2ccco2)[nH]n1. The molecule has 2 aromatic carbocycles. The first-order chi connectivity index (χ1) is 15.7. The van der Waals surface area contributed by atoms with Gasteiger partial charge in [0.05, 0.1) is 28.5 Å². The minimum Gasteiger partial charge on any atom is -0.463 e. The first-order valence-electron chi connectivity index (χ1n) is 9.24. The number of nitrogens with zero attached hydrogens (tertiary/aromatic N) is 2. The standard InChI is InChI=1S/C21H13F3N4O5/c22-21(23,24)12-3-1-4-15(7-12)33-16-9-13(8-14(10-16)28(30)31)25-20(29)18-11-17(26-27-18)19-5-2-6-32-19/h1-11H,(H,25,29)(H,26,27). The highest BCUT2D eigenvalue weighted by atomic mass is 19.4. The van der Waals surface area contributed by atoms with Crippen molar-refractivity contribution in [1.82, 2.24) is 10.2 Å². The second kappa shape index (κ2) is 8.49. The van der Waals surface area contributed by atoms with Crippen LogP contribution >= 0.6 is 0 Å². The van der Waals surface area contributed by atoms with E-state index in [9.17, 15) is 28.1 Å². The topological polar surface area (TPSA) is 123 Å². The van der Waals surface area contributed by atoms with Crippen LogP contribution in [0.2, 0.25) is 0 Å². The number of anilines is 1. The summed E-state index contributed by atoms with van der Waals surface area (Å²) in [5, 5.41) is 20.3. The summed E-state index contributed by atoms with van der Waals surface area (Å²) in [6, 6.07) is 12.1. The molecule has 0 aliphatic heterocycles. The fraction of sp³-hybridized carbons (Fsp3) is 0.0476. The van der Waals surface area contributed by atoms with Crippen LogP contribution in [-0.2, 0) is 6.18 Å². The Morgan fingerprint density at radius 1 is 1.09 bits per heavy atom. The molecule has 0 unspecified atom stereocenters. The molecule has 0 aliphatic rings. The summed E-state index contributed by atoms with van der Waals surface area (Å²) in [6.45, 7) is 0. The minimum atomic E-state index is -4.58. The molecule has 0 radical (unpaired) electrons. The molecule has 0 aliphatic carbocycles. The molecule has 0 bridgehead atoms. The van der Waals surface area contributed by atoms with Gasteiger partial charge in [0.15, 0.2) is 11.5 Å². The maximum Gasteiger partial charge on any atom is 0.416 e. The average Bonchev–Trinajstić information content (AvgIpc) is 3.45. The number of H-pyrrole nitrogens is 1. The number of alkyl halides is 3. The quantitative estimate of drug-likeness (QED) is 0.285. The second-order valence-corrected chi connectivity index (χ2v) is 6.70. The lowest BCUT2D eigenvalue weighted by Crippen LogP contribution is -2.12. The molecule has 0 fully saturated rings. The van der Waals surface area contributed by atoms with Crippen LogP contribution in [0, 0.1) is 10.1 Å². The van der Waals surface area contributed by atoms with Gasteiger partial charge in [0.1, 0.15) is 17.2 Å². The molecule has 4 rings (SSSR count). The third kappa shape index (κ3) is 5.01. The van der Waals surface area contributed by atoms with Crippen LogP contribution in [0.5, 0.6) is 11.5 Å². The van der Waals surface area contributed by atoms with Gasteiger partial charge in [0.25, 0.3) is 11.6 Å². The van der Waals surface area contributed by atoms with Crippen molar-refractivity contribution in [2.45, 2.75) is 6.18 Å². The monoisotopic (exact) mass is 458 g/mol. The summed E-state index contributed by atoms with van der Waals surface area (Å²) >= 11 is 0. The smallest absolute Gasteiger partial charge is 0.416 e. The van der Waals surface area contributed by atoms with Gasteiger partial charge in [-0.05, 0) is 30.3 Å². The van der Waals surface area contributed by atoms with E-state index in [1.165, 1.54) is 24.5 Å². The Hall–Kier alpha value is -4.61. The van der Waals surface area contributed by atoms with Gasteiger partial charge in [-0.2, -0.15) is 18.3 Å². The lowest BCUT2D eigenvalue weighted by molar-refractivity contribution is -0.384. The van der Waals surface area contributed by atoms with Gasteiger partial charge >= 0.3 is 6.18 Å². The van der Waals surface area contributed by atoms with E-state index in [2.05, 4.69) is 15.5 Å². The minimum absolute atomic E-state index is 0.0151. The fourth-order valence-corrected chi connectivity index (χ4v) is 2.88. The molecule has 0 spiro atoms. The number of carbonyl (C=O) groups excluding carboxylic acids is 1. The number of non-ortho nitro benzene ring substituents is 1. The summed E-state index contributed by atoms with van der Waals surface area (Å²) in [6.07, 6.45) is -3.13. The molecule has 0 atom stereocenters. The number of ether oxygens (including phenoxy) is 1. The van der Waals surface area contributed by atoms with Gasteiger partial charge in [0, 0.05) is 18.2 Å². The Bertz CT molecular complexity index is 1320. The summed E-state index contributed by atoms with van der Waals surface area (Å²) in [5.74, 6) is -0.557. The van der Waals surface area contributed by atoms with E-state index >= 15 is 0 Å². The number of aromatic amines is 1. The average molecular weight is 458 g/mol. The molecule has 168 valence electrons. The van der Waals surface area contributed by atoms with Crippen molar-refractivity contribution in [3.63, 3.8) is 0 Å². The lowest BCUT2D eigenvalue weighted by Gasteiger charge is -2.11. The number of carbonyl (C=O) groups is 1. The highest BCUT2D eigenvalue weighted by molar-refractivity contribution is 6.03. The number of nitro groups is 1. The third-order valence-corrected chi connectivity index (χ3v) is 4.35. The molecular weight excluding hydrogens is 445 g/mol. The Balaban J connectivity index is 1.58. The van der Waals surface area contributed by atoms with Gasteiger partial charge in [-0.15, -0.1) is 0 Å². The van der Waals surface area contributed by atoms with Crippen LogP contribution in [-0.4, -0.2) is 21.0 Å². The van der Waals surface area contributed by atoms with E-state index in [0.717, 1.165) is 30.3 Å². The Morgan fingerprint density at radius 3 is 2.61 bits per heavy atom. The van der Waals surface area contributed by atoms with E-state index in [4.69, 9.17) is 9.15 Å². The van der Waals surface area contributed by atoms with E-state index in [1.54, 1.807) is 12.1 Å². The number of hydrogen-bond donors (Lipinski definition) is 2. The highest BCUT2D eigenvalue weighted by Crippen LogP contribution is 2.34. The van der Waals surface area contributed by atoms with E-state index in [1.807, 2.05) is 0 Å². The normalized spacial score (nSPS) is 11.2. The number of hydrogen-bond acceptors (Lipinski definition) is 6. The predicted molar refractivity (Wildman–Crippen MR) is 109 cm³/mol. The lowest BCUT2D eigenvalue weighted by atomic mass is 10.2. The summed E-state index contributed by atoms with van der Waals surface area (Å²) in [4.78, 5) is 23.1. The summed E-state index contributed by atoms with van der Waals surface area (Å²) < 4.78 is 49.4. The molecule has 9 nitrogen and oxygen atoms in total. The predicted octanol–water partition coefficient (Wildman–Crippen LogP) is 5.64. The summed E-state index contributed by atoms with van der Waals surface area (Å²) in [7, 11) is 0. The Kier molecular flexibility index (Phi) is 5.56. The van der Waals surface area contributed by atoms with Crippen molar-refractivity contribution in [2.24, 2.45) is 0 Å². The van der Waals surface area contributed by atoms with Crippen LogP contribution in [0.3, 0.4) is 0 Å². The number of nitrogens with one attached hydrogen (secondary N) is 2. The molecular formula is C21H13F3N4O5. The van der Waals surface area contributed by atoms with Gasteiger partial charge in [-0.1, -0.05) is 6.07 Å². The maximum atomic E-state index is 12.9. The van der Waals surface area contributed by atoms with Crippen molar-refractivity contribution in [2.75, 3.05) is 5.32 Å². The molecule has 4 aromatic rings. The van der Waals surface area contributed by atoms with Gasteiger partial charge < -0.3 is 14.5 Å². The van der Waals surface area contributed by atoms with Crippen molar-refractivity contribution in [3.8, 4) is 23.0 Å². The maximum absolute atomic E-state index is 12.9. The second-order valence-electron chi connectivity index (χ2n) is 6.70.